The largest absolute Gasteiger partial charge is 0.368 e. The number of hydrogen-bond donors (Lipinski definition) is 3. The lowest BCUT2D eigenvalue weighted by Crippen LogP contribution is -2.44. The number of fused-ring (bicyclic) bond motifs is 1. The lowest BCUT2D eigenvalue weighted by molar-refractivity contribution is 0.166. The Kier molecular flexibility index (Phi) is 11.4. The summed E-state index contributed by atoms with van der Waals surface area (Å²) in [6, 6.07) is 0.492. The minimum atomic E-state index is 0. The Balaban J connectivity index is 0.00000363. The average Bonchev–Trinajstić information content (AvgIpc) is 2.96. The number of aryl methyl sites for hydroxylation is 1. The summed E-state index contributed by atoms with van der Waals surface area (Å²) in [5, 5.41) is 15.4. The summed E-state index contributed by atoms with van der Waals surface area (Å²) >= 11 is 0. The zero-order chi connectivity index (χ0) is 22.1. The van der Waals surface area contributed by atoms with Gasteiger partial charge in [0, 0.05) is 32.7 Å². The van der Waals surface area contributed by atoms with Crippen LogP contribution in [0.3, 0.4) is 0 Å². The molecule has 1 unspecified atom stereocenters. The first-order valence-corrected chi connectivity index (χ1v) is 11.7. The van der Waals surface area contributed by atoms with E-state index in [9.17, 15) is 0 Å². The Morgan fingerprint density at radius 1 is 1.09 bits per heavy atom. The van der Waals surface area contributed by atoms with Crippen molar-refractivity contribution in [1.29, 1.82) is 0 Å². The molecular formula is C22H40IN9. The SMILES string of the molecule is CCNC(=NCC(C(C)C)N1CCCCCC1)NCCNc1ncnc2c1cnn2C.I. The van der Waals surface area contributed by atoms with Crippen LogP contribution >= 0.6 is 24.0 Å². The number of hydrogen-bond acceptors (Lipinski definition) is 6. The molecule has 9 nitrogen and oxygen atoms in total. The third-order valence-electron chi connectivity index (χ3n) is 5.90. The number of aliphatic imine (C=N–C) groups is 1. The summed E-state index contributed by atoms with van der Waals surface area (Å²) < 4.78 is 1.76. The van der Waals surface area contributed by atoms with Gasteiger partial charge < -0.3 is 16.0 Å². The maximum Gasteiger partial charge on any atom is 0.191 e. The molecule has 1 fully saturated rings. The van der Waals surface area contributed by atoms with Crippen molar-refractivity contribution in [3.8, 4) is 0 Å². The fourth-order valence-electron chi connectivity index (χ4n) is 4.17. The standard InChI is InChI=1S/C22H39N9.HI/c1-5-23-22(26-15-19(17(2)3)31-12-8-6-7-9-13-31)25-11-10-24-20-18-14-29-30(4)21(18)28-16-27-20;/h14,16-17,19H,5-13,15H2,1-4H3,(H2,23,25,26)(H,24,27,28);1H. The summed E-state index contributed by atoms with van der Waals surface area (Å²) in [5.41, 5.74) is 0.827. The van der Waals surface area contributed by atoms with Crippen molar-refractivity contribution in [1.82, 2.24) is 35.3 Å². The third kappa shape index (κ3) is 7.43. The molecule has 10 heteroatoms. The Morgan fingerprint density at radius 3 is 2.53 bits per heavy atom. The fourth-order valence-corrected chi connectivity index (χ4v) is 4.17. The number of nitrogens with zero attached hydrogens (tertiary/aromatic N) is 6. The molecule has 0 amide bonds. The van der Waals surface area contributed by atoms with Gasteiger partial charge >= 0.3 is 0 Å². The minimum absolute atomic E-state index is 0. The molecule has 180 valence electrons. The number of aromatic nitrogens is 4. The van der Waals surface area contributed by atoms with Gasteiger partial charge in [0.05, 0.1) is 18.1 Å². The summed E-state index contributed by atoms with van der Waals surface area (Å²) in [6.07, 6.45) is 8.71. The quantitative estimate of drug-likeness (QED) is 0.189. The molecule has 3 rings (SSSR count). The van der Waals surface area contributed by atoms with Gasteiger partial charge in [-0.25, -0.2) is 9.97 Å². The summed E-state index contributed by atoms with van der Waals surface area (Å²) in [5.74, 6) is 2.27. The average molecular weight is 558 g/mol. The van der Waals surface area contributed by atoms with Crippen molar-refractivity contribution in [2.24, 2.45) is 18.0 Å². The first-order valence-electron chi connectivity index (χ1n) is 11.7. The van der Waals surface area contributed by atoms with E-state index in [2.05, 4.69) is 56.7 Å². The Labute approximate surface area is 209 Å². The number of guanidine groups is 1. The fraction of sp³-hybridized carbons (Fsp3) is 0.727. The summed E-state index contributed by atoms with van der Waals surface area (Å²) in [6.45, 7) is 12.3. The highest BCUT2D eigenvalue weighted by Crippen LogP contribution is 2.18. The highest BCUT2D eigenvalue weighted by molar-refractivity contribution is 14.0. The molecular weight excluding hydrogens is 517 g/mol. The number of rotatable bonds is 9. The molecule has 2 aromatic heterocycles. The topological polar surface area (TPSA) is 95.3 Å². The molecule has 32 heavy (non-hydrogen) atoms. The van der Waals surface area contributed by atoms with E-state index in [1.807, 2.05) is 7.05 Å². The van der Waals surface area contributed by atoms with Crippen molar-refractivity contribution in [2.75, 3.05) is 44.6 Å². The molecule has 2 aromatic rings. The third-order valence-corrected chi connectivity index (χ3v) is 5.90. The zero-order valence-electron chi connectivity index (χ0n) is 20.0. The van der Waals surface area contributed by atoms with Crippen molar-refractivity contribution in [3.63, 3.8) is 0 Å². The second-order valence-corrected chi connectivity index (χ2v) is 8.56. The van der Waals surface area contributed by atoms with Crippen LogP contribution in [0, 0.1) is 5.92 Å². The molecule has 3 N–H and O–H groups in total. The molecule has 0 radical (unpaired) electrons. The van der Waals surface area contributed by atoms with E-state index in [0.29, 0.717) is 12.0 Å². The highest BCUT2D eigenvalue weighted by Gasteiger charge is 2.22. The van der Waals surface area contributed by atoms with Gasteiger partial charge in [0.15, 0.2) is 11.6 Å². The maximum absolute atomic E-state index is 4.92. The van der Waals surface area contributed by atoms with Gasteiger partial charge in [-0.3, -0.25) is 14.6 Å². The van der Waals surface area contributed by atoms with E-state index >= 15 is 0 Å². The first kappa shape index (κ1) is 26.6. The molecule has 1 atom stereocenters. The van der Waals surface area contributed by atoms with Crippen molar-refractivity contribution < 1.29 is 0 Å². The van der Waals surface area contributed by atoms with Gasteiger partial charge in [-0.1, -0.05) is 26.7 Å². The Hall–Kier alpha value is -1.69. The van der Waals surface area contributed by atoms with E-state index in [1.165, 1.54) is 38.8 Å². The molecule has 1 aliphatic heterocycles. The Morgan fingerprint density at radius 2 is 1.84 bits per heavy atom. The van der Waals surface area contributed by atoms with Gasteiger partial charge in [-0.05, 0) is 38.8 Å². The van der Waals surface area contributed by atoms with Crippen LogP contribution in [0.15, 0.2) is 17.5 Å². The van der Waals surface area contributed by atoms with Crippen LogP contribution in [0.1, 0.15) is 46.5 Å². The zero-order valence-corrected chi connectivity index (χ0v) is 22.3. The van der Waals surface area contributed by atoms with Gasteiger partial charge in [0.2, 0.25) is 0 Å². The molecule has 0 aliphatic carbocycles. The van der Waals surface area contributed by atoms with Crippen LogP contribution in [0.2, 0.25) is 0 Å². The first-order chi connectivity index (χ1) is 15.1. The van der Waals surface area contributed by atoms with E-state index in [-0.39, 0.29) is 24.0 Å². The molecule has 0 aromatic carbocycles. The molecule has 3 heterocycles. The molecule has 0 spiro atoms. The van der Waals surface area contributed by atoms with Gasteiger partial charge in [0.1, 0.15) is 12.1 Å². The predicted octanol–water partition coefficient (Wildman–Crippen LogP) is 2.85. The molecule has 1 saturated heterocycles. The molecule has 0 saturated carbocycles. The minimum Gasteiger partial charge on any atom is -0.368 e. The van der Waals surface area contributed by atoms with Crippen molar-refractivity contribution >= 4 is 46.8 Å². The monoisotopic (exact) mass is 557 g/mol. The lowest BCUT2D eigenvalue weighted by Gasteiger charge is -2.32. The van der Waals surface area contributed by atoms with Gasteiger partial charge in [0.25, 0.3) is 0 Å². The highest BCUT2D eigenvalue weighted by atomic mass is 127. The number of halogens is 1. The predicted molar refractivity (Wildman–Crippen MR) is 143 cm³/mol. The van der Waals surface area contributed by atoms with Crippen LogP contribution in [-0.4, -0.2) is 75.9 Å². The number of nitrogens with one attached hydrogen (secondary N) is 3. The Bertz CT molecular complexity index is 828. The van der Waals surface area contributed by atoms with Crippen LogP contribution in [-0.2, 0) is 7.05 Å². The van der Waals surface area contributed by atoms with Gasteiger partial charge in [-0.2, -0.15) is 5.10 Å². The van der Waals surface area contributed by atoms with Crippen LogP contribution in [0.25, 0.3) is 11.0 Å². The van der Waals surface area contributed by atoms with Crippen molar-refractivity contribution in [2.45, 2.75) is 52.5 Å². The second kappa shape index (κ2) is 13.8. The summed E-state index contributed by atoms with van der Waals surface area (Å²) in [7, 11) is 1.88. The van der Waals surface area contributed by atoms with Gasteiger partial charge in [-0.15, -0.1) is 24.0 Å². The molecule has 0 bridgehead atoms. The van der Waals surface area contributed by atoms with Crippen molar-refractivity contribution in [3.05, 3.63) is 12.5 Å². The van der Waals surface area contributed by atoms with Crippen LogP contribution in [0.4, 0.5) is 5.82 Å². The van der Waals surface area contributed by atoms with E-state index < -0.39 is 0 Å². The normalized spacial score (nSPS) is 16.5. The summed E-state index contributed by atoms with van der Waals surface area (Å²) in [4.78, 5) is 16.2. The maximum atomic E-state index is 4.92. The smallest absolute Gasteiger partial charge is 0.191 e. The lowest BCUT2D eigenvalue weighted by atomic mass is 10.0. The number of likely N-dealkylation sites (tertiary alicyclic amines) is 1. The van der Waals surface area contributed by atoms with E-state index in [4.69, 9.17) is 4.99 Å². The van der Waals surface area contributed by atoms with Crippen LogP contribution in [0.5, 0.6) is 0 Å². The van der Waals surface area contributed by atoms with E-state index in [1.54, 1.807) is 17.2 Å². The van der Waals surface area contributed by atoms with Crippen LogP contribution < -0.4 is 16.0 Å². The van der Waals surface area contributed by atoms with E-state index in [0.717, 1.165) is 49.0 Å². The second-order valence-electron chi connectivity index (χ2n) is 8.56. The number of anilines is 1. The molecule has 1 aliphatic rings.